The lowest BCUT2D eigenvalue weighted by atomic mass is 9.78. The summed E-state index contributed by atoms with van der Waals surface area (Å²) in [7, 11) is 0. The van der Waals surface area contributed by atoms with E-state index in [0.717, 1.165) is 25.3 Å². The summed E-state index contributed by atoms with van der Waals surface area (Å²) >= 11 is 0. The molecule has 1 aliphatic carbocycles. The number of benzene rings is 1. The largest absolute Gasteiger partial charge is 0.389 e. The van der Waals surface area contributed by atoms with E-state index in [1.165, 1.54) is 35.7 Å². The molecular formula is C18H26N2O. The van der Waals surface area contributed by atoms with E-state index in [4.69, 9.17) is 0 Å². The van der Waals surface area contributed by atoms with Crippen molar-refractivity contribution >= 4 is 10.9 Å². The summed E-state index contributed by atoms with van der Waals surface area (Å²) in [6, 6.07) is 8.45. The Morgan fingerprint density at radius 3 is 2.86 bits per heavy atom. The van der Waals surface area contributed by atoms with Crippen molar-refractivity contribution in [3.63, 3.8) is 0 Å². The van der Waals surface area contributed by atoms with Crippen LogP contribution in [0.5, 0.6) is 0 Å². The summed E-state index contributed by atoms with van der Waals surface area (Å²) in [5, 5.41) is 15.4. The molecule has 21 heavy (non-hydrogen) atoms. The van der Waals surface area contributed by atoms with Crippen LogP contribution in [0.3, 0.4) is 0 Å². The maximum atomic E-state index is 10.7. The van der Waals surface area contributed by atoms with Crippen LogP contribution >= 0.6 is 0 Å². The number of hydrogen-bond donors (Lipinski definition) is 3. The van der Waals surface area contributed by atoms with Gasteiger partial charge < -0.3 is 15.4 Å². The third kappa shape index (κ3) is 3.30. The minimum Gasteiger partial charge on any atom is -0.389 e. The molecular weight excluding hydrogens is 260 g/mol. The van der Waals surface area contributed by atoms with Crippen molar-refractivity contribution in [1.82, 2.24) is 10.3 Å². The quantitative estimate of drug-likeness (QED) is 0.786. The number of fused-ring (bicyclic) bond motifs is 1. The smallest absolute Gasteiger partial charge is 0.0771 e. The first-order valence-electron chi connectivity index (χ1n) is 8.18. The Morgan fingerprint density at radius 2 is 2.10 bits per heavy atom. The minimum atomic E-state index is -0.502. The lowest BCUT2D eigenvalue weighted by Crippen LogP contribution is -2.43. The van der Waals surface area contributed by atoms with E-state index in [2.05, 4.69) is 41.5 Å². The second-order valence-electron chi connectivity index (χ2n) is 6.54. The lowest BCUT2D eigenvalue weighted by Gasteiger charge is -2.36. The van der Waals surface area contributed by atoms with Crippen LogP contribution in [-0.4, -0.2) is 22.2 Å². The van der Waals surface area contributed by atoms with Crippen LogP contribution in [0.2, 0.25) is 0 Å². The second-order valence-corrected chi connectivity index (χ2v) is 6.54. The van der Waals surface area contributed by atoms with Crippen LogP contribution in [-0.2, 0) is 6.54 Å². The first kappa shape index (κ1) is 14.6. The zero-order valence-electron chi connectivity index (χ0n) is 12.9. The van der Waals surface area contributed by atoms with Crippen molar-refractivity contribution < 1.29 is 5.11 Å². The highest BCUT2D eigenvalue weighted by atomic mass is 16.3. The topological polar surface area (TPSA) is 48.0 Å². The van der Waals surface area contributed by atoms with Crippen LogP contribution in [0.4, 0.5) is 0 Å². The molecule has 1 heterocycles. The molecule has 2 aromatic rings. The molecule has 1 aliphatic rings. The standard InChI is InChI=1S/C18H26N2O/c1-2-14-6-9-18(21,10-7-14)13-19-12-15-4-3-5-17-16(15)8-11-20-17/h3-5,8,11,14,19-21H,2,6-7,9-10,12-13H2,1H3. The highest BCUT2D eigenvalue weighted by Crippen LogP contribution is 2.33. The Bertz CT molecular complexity index is 582. The molecule has 3 rings (SSSR count). The van der Waals surface area contributed by atoms with Gasteiger partial charge in [0, 0.05) is 30.2 Å². The highest BCUT2D eigenvalue weighted by molar-refractivity contribution is 5.82. The third-order valence-corrected chi connectivity index (χ3v) is 5.07. The first-order chi connectivity index (χ1) is 10.2. The van der Waals surface area contributed by atoms with E-state index in [-0.39, 0.29) is 0 Å². The summed E-state index contributed by atoms with van der Waals surface area (Å²) in [5.41, 5.74) is 1.97. The average Bonchev–Trinajstić information content (AvgIpc) is 2.97. The van der Waals surface area contributed by atoms with Gasteiger partial charge in [-0.25, -0.2) is 0 Å². The maximum Gasteiger partial charge on any atom is 0.0771 e. The van der Waals surface area contributed by atoms with Gasteiger partial charge in [-0.2, -0.15) is 0 Å². The summed E-state index contributed by atoms with van der Waals surface area (Å²) in [6.07, 6.45) is 7.44. The van der Waals surface area contributed by atoms with Crippen LogP contribution in [0.1, 0.15) is 44.6 Å². The fourth-order valence-electron chi connectivity index (χ4n) is 3.53. The van der Waals surface area contributed by atoms with E-state index in [0.29, 0.717) is 6.54 Å². The SMILES string of the molecule is CCC1CCC(O)(CNCc2cccc3[nH]ccc23)CC1. The van der Waals surface area contributed by atoms with Gasteiger partial charge in [-0.1, -0.05) is 25.5 Å². The van der Waals surface area contributed by atoms with E-state index in [9.17, 15) is 5.11 Å². The van der Waals surface area contributed by atoms with Crippen LogP contribution in [0.25, 0.3) is 10.9 Å². The van der Waals surface area contributed by atoms with E-state index in [1.54, 1.807) is 0 Å². The fourth-order valence-corrected chi connectivity index (χ4v) is 3.53. The van der Waals surface area contributed by atoms with Crippen molar-refractivity contribution in [3.8, 4) is 0 Å². The van der Waals surface area contributed by atoms with Crippen LogP contribution in [0.15, 0.2) is 30.5 Å². The summed E-state index contributed by atoms with van der Waals surface area (Å²) in [6.45, 7) is 3.77. The Kier molecular flexibility index (Phi) is 4.32. The molecule has 0 unspecified atom stereocenters. The van der Waals surface area contributed by atoms with Gasteiger partial charge in [0.1, 0.15) is 0 Å². The molecule has 0 amide bonds. The Hall–Kier alpha value is -1.32. The first-order valence-corrected chi connectivity index (χ1v) is 8.18. The predicted molar refractivity (Wildman–Crippen MR) is 87.2 cm³/mol. The minimum absolute atomic E-state index is 0.502. The molecule has 3 heteroatoms. The Balaban J connectivity index is 1.55. The Morgan fingerprint density at radius 1 is 1.29 bits per heavy atom. The highest BCUT2D eigenvalue weighted by Gasteiger charge is 2.32. The molecule has 1 aromatic carbocycles. The van der Waals surface area contributed by atoms with Crippen molar-refractivity contribution in [1.29, 1.82) is 0 Å². The van der Waals surface area contributed by atoms with E-state index < -0.39 is 5.60 Å². The summed E-state index contributed by atoms with van der Waals surface area (Å²) < 4.78 is 0. The number of H-pyrrole nitrogens is 1. The van der Waals surface area contributed by atoms with E-state index in [1.807, 2.05) is 6.20 Å². The van der Waals surface area contributed by atoms with Crippen LogP contribution < -0.4 is 5.32 Å². The molecule has 0 bridgehead atoms. The molecule has 0 saturated heterocycles. The molecule has 114 valence electrons. The van der Waals surface area contributed by atoms with Gasteiger partial charge in [0.15, 0.2) is 0 Å². The van der Waals surface area contributed by atoms with Gasteiger partial charge >= 0.3 is 0 Å². The second kappa shape index (κ2) is 6.20. The molecule has 3 N–H and O–H groups in total. The predicted octanol–water partition coefficient (Wildman–Crippen LogP) is 3.59. The number of aliphatic hydroxyl groups is 1. The van der Waals surface area contributed by atoms with Crippen molar-refractivity contribution in [3.05, 3.63) is 36.0 Å². The van der Waals surface area contributed by atoms with Gasteiger partial charge in [-0.3, -0.25) is 0 Å². The molecule has 1 fully saturated rings. The maximum absolute atomic E-state index is 10.7. The summed E-state index contributed by atoms with van der Waals surface area (Å²) in [5.74, 6) is 0.818. The molecule has 3 nitrogen and oxygen atoms in total. The molecule has 1 saturated carbocycles. The molecule has 0 radical (unpaired) electrons. The lowest BCUT2D eigenvalue weighted by molar-refractivity contribution is -0.00879. The fraction of sp³-hybridized carbons (Fsp3) is 0.556. The number of hydrogen-bond acceptors (Lipinski definition) is 2. The van der Waals surface area contributed by atoms with E-state index >= 15 is 0 Å². The van der Waals surface area contributed by atoms with Crippen LogP contribution in [0, 0.1) is 5.92 Å². The normalized spacial score (nSPS) is 26.3. The van der Waals surface area contributed by atoms with Crippen molar-refractivity contribution in [2.24, 2.45) is 5.92 Å². The summed E-state index contributed by atoms with van der Waals surface area (Å²) in [4.78, 5) is 3.24. The zero-order valence-corrected chi connectivity index (χ0v) is 12.9. The van der Waals surface area contributed by atoms with Gasteiger partial charge in [0.2, 0.25) is 0 Å². The molecule has 0 aliphatic heterocycles. The van der Waals surface area contributed by atoms with Gasteiger partial charge in [-0.05, 0) is 49.3 Å². The van der Waals surface area contributed by atoms with Gasteiger partial charge in [-0.15, -0.1) is 0 Å². The number of nitrogens with one attached hydrogen (secondary N) is 2. The number of aromatic amines is 1. The van der Waals surface area contributed by atoms with Crippen molar-refractivity contribution in [2.75, 3.05) is 6.54 Å². The van der Waals surface area contributed by atoms with Gasteiger partial charge in [0.25, 0.3) is 0 Å². The number of rotatable bonds is 5. The molecule has 1 aromatic heterocycles. The molecule has 0 spiro atoms. The zero-order chi connectivity index (χ0) is 14.7. The monoisotopic (exact) mass is 286 g/mol. The molecule has 0 atom stereocenters. The van der Waals surface area contributed by atoms with Gasteiger partial charge in [0.05, 0.1) is 5.60 Å². The number of aromatic nitrogens is 1. The average molecular weight is 286 g/mol. The third-order valence-electron chi connectivity index (χ3n) is 5.07. The van der Waals surface area contributed by atoms with Crippen molar-refractivity contribution in [2.45, 2.75) is 51.2 Å². The Labute approximate surface area is 126 Å².